The van der Waals surface area contributed by atoms with E-state index in [1.54, 1.807) is 12.1 Å². The van der Waals surface area contributed by atoms with Crippen molar-refractivity contribution in [2.45, 2.75) is 45.5 Å². The second-order valence-electron chi connectivity index (χ2n) is 7.15. The maximum absolute atomic E-state index is 13.3. The summed E-state index contributed by atoms with van der Waals surface area (Å²) in [6.45, 7) is 8.47. The summed E-state index contributed by atoms with van der Waals surface area (Å²) in [7, 11) is -0.440. The molecule has 6 heteroatoms. The summed E-state index contributed by atoms with van der Waals surface area (Å²) in [5.74, 6) is 0.280. The molecule has 1 saturated heterocycles. The first-order valence-corrected chi connectivity index (χ1v) is 9.00. The van der Waals surface area contributed by atoms with Gasteiger partial charge in [-0.05, 0) is 72.9 Å². The van der Waals surface area contributed by atoms with Crippen molar-refractivity contribution >= 4 is 28.5 Å². The van der Waals surface area contributed by atoms with Crippen LogP contribution in [0.25, 0.3) is 0 Å². The molecule has 1 heterocycles. The smallest absolute Gasteiger partial charge is 0.489 e. The van der Waals surface area contributed by atoms with Crippen LogP contribution in [0.2, 0.25) is 0 Å². The Morgan fingerprint density at radius 3 is 2.32 bits per heavy atom. The number of halogens is 2. The Bertz CT molecular complexity index is 763. The van der Waals surface area contributed by atoms with Gasteiger partial charge in [-0.1, -0.05) is 24.3 Å². The minimum absolute atomic E-state index is 0.315. The first-order valence-electron chi connectivity index (χ1n) is 8.21. The van der Waals surface area contributed by atoms with Crippen LogP contribution in [0.3, 0.4) is 0 Å². The van der Waals surface area contributed by atoms with Crippen LogP contribution in [0.15, 0.2) is 46.9 Å². The predicted octanol–water partition coefficient (Wildman–Crippen LogP) is 4.47. The molecule has 0 unspecified atom stereocenters. The lowest BCUT2D eigenvalue weighted by atomic mass is 9.76. The van der Waals surface area contributed by atoms with E-state index in [9.17, 15) is 4.39 Å². The van der Waals surface area contributed by atoms with Gasteiger partial charge < -0.3 is 14.0 Å². The van der Waals surface area contributed by atoms with E-state index in [2.05, 4.69) is 15.9 Å². The van der Waals surface area contributed by atoms with Gasteiger partial charge >= 0.3 is 7.12 Å². The van der Waals surface area contributed by atoms with Crippen molar-refractivity contribution in [2.75, 3.05) is 0 Å². The maximum Gasteiger partial charge on any atom is 0.495 e. The van der Waals surface area contributed by atoms with Crippen LogP contribution in [-0.2, 0) is 15.9 Å². The Morgan fingerprint density at radius 1 is 1.04 bits per heavy atom. The Balaban J connectivity index is 1.79. The summed E-state index contributed by atoms with van der Waals surface area (Å²) < 4.78 is 31.8. The highest BCUT2D eigenvalue weighted by molar-refractivity contribution is 9.10. The average Bonchev–Trinajstić information content (AvgIpc) is 2.77. The summed E-state index contributed by atoms with van der Waals surface area (Å²) in [6.07, 6.45) is 0. The molecule has 1 fully saturated rings. The van der Waals surface area contributed by atoms with Crippen LogP contribution in [0, 0.1) is 5.82 Å². The van der Waals surface area contributed by atoms with Gasteiger partial charge in [-0.2, -0.15) is 0 Å². The lowest BCUT2D eigenvalue weighted by molar-refractivity contribution is 0.00578. The van der Waals surface area contributed by atoms with E-state index in [0.717, 1.165) is 11.0 Å². The van der Waals surface area contributed by atoms with Crippen LogP contribution in [-0.4, -0.2) is 18.3 Å². The Kier molecular flexibility index (Phi) is 4.97. The molecule has 2 aromatic rings. The molecule has 3 rings (SSSR count). The van der Waals surface area contributed by atoms with Gasteiger partial charge in [0.1, 0.15) is 18.2 Å². The summed E-state index contributed by atoms with van der Waals surface area (Å²) in [4.78, 5) is 0. The molecular weight excluding hydrogens is 386 g/mol. The highest BCUT2D eigenvalue weighted by Crippen LogP contribution is 2.36. The van der Waals surface area contributed by atoms with E-state index in [0.29, 0.717) is 16.8 Å². The van der Waals surface area contributed by atoms with E-state index in [4.69, 9.17) is 14.0 Å². The summed E-state index contributed by atoms with van der Waals surface area (Å²) in [5.41, 5.74) is 1.13. The number of benzene rings is 2. The minimum Gasteiger partial charge on any atom is -0.489 e. The van der Waals surface area contributed by atoms with Gasteiger partial charge in [-0.3, -0.25) is 0 Å². The number of rotatable bonds is 4. The molecule has 0 atom stereocenters. The monoisotopic (exact) mass is 406 g/mol. The van der Waals surface area contributed by atoms with Gasteiger partial charge in [0, 0.05) is 0 Å². The summed E-state index contributed by atoms with van der Waals surface area (Å²) in [5, 5.41) is 0. The molecule has 25 heavy (non-hydrogen) atoms. The fraction of sp³-hybridized carbons (Fsp3) is 0.368. The molecule has 2 aromatic carbocycles. The van der Waals surface area contributed by atoms with E-state index in [1.807, 2.05) is 52.0 Å². The molecule has 0 saturated carbocycles. The van der Waals surface area contributed by atoms with Crippen molar-refractivity contribution < 1.29 is 18.4 Å². The fourth-order valence-electron chi connectivity index (χ4n) is 2.59. The molecule has 1 aliphatic heterocycles. The Labute approximate surface area is 156 Å². The standard InChI is InChI=1S/C19H21BBrFO3/c1-18(2)19(3,4)25-20(24-18)15-8-6-5-7-13(15)12-23-14-9-10-17(22)16(21)11-14/h5-11H,12H2,1-4H3. The van der Waals surface area contributed by atoms with Crippen LogP contribution >= 0.6 is 15.9 Å². The zero-order valence-corrected chi connectivity index (χ0v) is 16.4. The van der Waals surface area contributed by atoms with Crippen LogP contribution in [0.1, 0.15) is 33.3 Å². The molecule has 0 N–H and O–H groups in total. The zero-order chi connectivity index (χ0) is 18.2. The van der Waals surface area contributed by atoms with Crippen molar-refractivity contribution in [1.29, 1.82) is 0 Å². The zero-order valence-electron chi connectivity index (χ0n) is 14.8. The van der Waals surface area contributed by atoms with Gasteiger partial charge in [0.15, 0.2) is 0 Å². The van der Waals surface area contributed by atoms with Crippen molar-refractivity contribution in [2.24, 2.45) is 0 Å². The minimum atomic E-state index is -0.440. The average molecular weight is 407 g/mol. The summed E-state index contributed by atoms with van der Waals surface area (Å²) >= 11 is 3.17. The van der Waals surface area contributed by atoms with Gasteiger partial charge in [0.05, 0.1) is 15.7 Å². The molecule has 3 nitrogen and oxygen atoms in total. The van der Waals surface area contributed by atoms with Crippen LogP contribution in [0.5, 0.6) is 5.75 Å². The van der Waals surface area contributed by atoms with Gasteiger partial charge in [0.25, 0.3) is 0 Å². The third-order valence-electron chi connectivity index (χ3n) is 4.85. The predicted molar refractivity (Wildman–Crippen MR) is 101 cm³/mol. The third-order valence-corrected chi connectivity index (χ3v) is 5.46. The van der Waals surface area contributed by atoms with Crippen molar-refractivity contribution in [1.82, 2.24) is 0 Å². The van der Waals surface area contributed by atoms with E-state index in [-0.39, 0.29) is 5.82 Å². The first kappa shape index (κ1) is 18.4. The molecule has 0 aliphatic carbocycles. The van der Waals surface area contributed by atoms with Gasteiger partial charge in [-0.25, -0.2) is 4.39 Å². The van der Waals surface area contributed by atoms with Crippen molar-refractivity contribution in [3.8, 4) is 5.75 Å². The van der Waals surface area contributed by atoms with Crippen LogP contribution in [0.4, 0.5) is 4.39 Å². The molecule has 0 radical (unpaired) electrons. The van der Waals surface area contributed by atoms with Gasteiger partial charge in [0.2, 0.25) is 0 Å². The topological polar surface area (TPSA) is 27.7 Å². The van der Waals surface area contributed by atoms with Crippen molar-refractivity contribution in [3.63, 3.8) is 0 Å². The largest absolute Gasteiger partial charge is 0.495 e. The van der Waals surface area contributed by atoms with E-state index >= 15 is 0 Å². The molecule has 0 amide bonds. The number of ether oxygens (including phenoxy) is 1. The molecule has 0 spiro atoms. The Hall–Kier alpha value is -1.37. The second kappa shape index (κ2) is 6.74. The molecular formula is C19H21BBrFO3. The molecule has 132 valence electrons. The normalized spacial score (nSPS) is 18.4. The highest BCUT2D eigenvalue weighted by atomic mass is 79.9. The Morgan fingerprint density at radius 2 is 1.68 bits per heavy atom. The number of hydrogen-bond donors (Lipinski definition) is 0. The first-order chi connectivity index (χ1) is 11.7. The SMILES string of the molecule is CC1(C)OB(c2ccccc2COc2ccc(F)c(Br)c2)OC1(C)C. The van der Waals surface area contributed by atoms with E-state index in [1.165, 1.54) is 6.07 Å². The molecule has 0 aromatic heterocycles. The quantitative estimate of drug-likeness (QED) is 0.701. The fourth-order valence-corrected chi connectivity index (χ4v) is 2.95. The van der Waals surface area contributed by atoms with Gasteiger partial charge in [-0.15, -0.1) is 0 Å². The summed E-state index contributed by atoms with van der Waals surface area (Å²) in [6, 6.07) is 12.5. The second-order valence-corrected chi connectivity index (χ2v) is 8.01. The highest BCUT2D eigenvalue weighted by Gasteiger charge is 2.52. The van der Waals surface area contributed by atoms with Crippen LogP contribution < -0.4 is 10.2 Å². The number of hydrogen-bond acceptors (Lipinski definition) is 3. The molecule has 0 bridgehead atoms. The van der Waals surface area contributed by atoms with Crippen molar-refractivity contribution in [3.05, 3.63) is 58.3 Å². The lowest BCUT2D eigenvalue weighted by Gasteiger charge is -2.32. The lowest BCUT2D eigenvalue weighted by Crippen LogP contribution is -2.41. The maximum atomic E-state index is 13.3. The van der Waals surface area contributed by atoms with E-state index < -0.39 is 18.3 Å². The molecule has 1 aliphatic rings. The third kappa shape index (κ3) is 3.76.